The number of carboxylic acid groups (broad SMARTS) is 1. The van der Waals surface area contributed by atoms with Crippen molar-refractivity contribution in [3.63, 3.8) is 0 Å². The van der Waals surface area contributed by atoms with Gasteiger partial charge in [-0.2, -0.15) is 0 Å². The van der Waals surface area contributed by atoms with Crippen LogP contribution in [0, 0.1) is 5.92 Å². The van der Waals surface area contributed by atoms with Crippen LogP contribution in [-0.4, -0.2) is 37.3 Å². The van der Waals surface area contributed by atoms with Crippen LogP contribution < -0.4 is 5.56 Å². The summed E-state index contributed by atoms with van der Waals surface area (Å²) in [7, 11) is 0. The van der Waals surface area contributed by atoms with Crippen LogP contribution in [0.25, 0.3) is 22.0 Å². The second-order valence-corrected chi connectivity index (χ2v) is 8.28. The molecule has 0 spiro atoms. The van der Waals surface area contributed by atoms with E-state index in [0.29, 0.717) is 22.3 Å². The largest absolute Gasteiger partial charge is 0.481 e. The van der Waals surface area contributed by atoms with Crippen LogP contribution in [0.4, 0.5) is 0 Å². The molecule has 1 heterocycles. The first-order valence-corrected chi connectivity index (χ1v) is 10.9. The molecule has 33 heavy (non-hydrogen) atoms. The van der Waals surface area contributed by atoms with E-state index in [2.05, 4.69) is 10.3 Å². The molecule has 0 saturated carbocycles. The number of aliphatic carboxylic acids is 1. The molecule has 2 N–H and O–H groups in total. The van der Waals surface area contributed by atoms with Gasteiger partial charge in [-0.15, -0.1) is 5.10 Å². The highest BCUT2D eigenvalue weighted by Gasteiger charge is 2.28. The molecule has 0 aliphatic heterocycles. The summed E-state index contributed by atoms with van der Waals surface area (Å²) in [4.78, 5) is 24.5. The van der Waals surface area contributed by atoms with Gasteiger partial charge in [-0.1, -0.05) is 65.3 Å². The van der Waals surface area contributed by atoms with E-state index in [9.17, 15) is 19.8 Å². The van der Waals surface area contributed by atoms with Crippen LogP contribution in [0.3, 0.4) is 0 Å². The number of carboxylic acids is 1. The molecule has 4 rings (SSSR count). The second-order valence-electron chi connectivity index (χ2n) is 7.85. The number of hydrogen-bond donors (Lipinski definition) is 2. The van der Waals surface area contributed by atoms with E-state index < -0.39 is 23.6 Å². The van der Waals surface area contributed by atoms with Crippen LogP contribution >= 0.6 is 11.6 Å². The fourth-order valence-corrected chi connectivity index (χ4v) is 3.84. The molecule has 7 nitrogen and oxygen atoms in total. The molecule has 0 aliphatic rings. The minimum absolute atomic E-state index is 0.229. The van der Waals surface area contributed by atoms with E-state index in [1.165, 1.54) is 0 Å². The summed E-state index contributed by atoms with van der Waals surface area (Å²) in [6.07, 6.45) is -0.435. The number of halogens is 1. The van der Waals surface area contributed by atoms with Crippen molar-refractivity contribution in [3.05, 3.63) is 93.7 Å². The summed E-state index contributed by atoms with van der Waals surface area (Å²) in [5, 5.41) is 29.1. The van der Waals surface area contributed by atoms with Crippen molar-refractivity contribution in [2.45, 2.75) is 25.5 Å². The Morgan fingerprint density at radius 1 is 0.970 bits per heavy atom. The Bertz CT molecular complexity index is 1320. The minimum Gasteiger partial charge on any atom is -0.481 e. The summed E-state index contributed by atoms with van der Waals surface area (Å²) in [6.45, 7) is -0.261. The van der Waals surface area contributed by atoms with Gasteiger partial charge in [0.05, 0.1) is 18.0 Å². The molecule has 8 heteroatoms. The van der Waals surface area contributed by atoms with Crippen molar-refractivity contribution in [2.75, 3.05) is 0 Å². The maximum absolute atomic E-state index is 12.6. The topological polar surface area (TPSA) is 105 Å². The molecule has 3 aromatic carbocycles. The van der Waals surface area contributed by atoms with Crippen molar-refractivity contribution >= 4 is 28.5 Å². The maximum atomic E-state index is 12.6. The predicted molar refractivity (Wildman–Crippen MR) is 126 cm³/mol. The number of fused-ring (bicyclic) bond motifs is 1. The predicted octanol–water partition coefficient (Wildman–Crippen LogP) is 3.81. The molecule has 4 aromatic rings. The molecular formula is C25H22ClN3O4. The lowest BCUT2D eigenvalue weighted by Gasteiger charge is -2.19. The Balaban J connectivity index is 1.43. The zero-order valence-electron chi connectivity index (χ0n) is 17.6. The van der Waals surface area contributed by atoms with Crippen molar-refractivity contribution < 1.29 is 15.0 Å². The maximum Gasteiger partial charge on any atom is 0.311 e. The Kier molecular flexibility index (Phi) is 6.82. The first-order valence-electron chi connectivity index (χ1n) is 10.5. The highest BCUT2D eigenvalue weighted by atomic mass is 35.5. The van der Waals surface area contributed by atoms with Crippen LogP contribution in [0.5, 0.6) is 0 Å². The lowest BCUT2D eigenvalue weighted by atomic mass is 9.95. The molecule has 0 amide bonds. The van der Waals surface area contributed by atoms with E-state index >= 15 is 0 Å². The van der Waals surface area contributed by atoms with Crippen molar-refractivity contribution in [3.8, 4) is 11.1 Å². The Hall–Kier alpha value is -3.55. The van der Waals surface area contributed by atoms with E-state index in [1.807, 2.05) is 48.5 Å². The highest BCUT2D eigenvalue weighted by molar-refractivity contribution is 6.30. The van der Waals surface area contributed by atoms with Crippen LogP contribution in [0.1, 0.15) is 12.0 Å². The Morgan fingerprint density at radius 2 is 1.61 bits per heavy atom. The summed E-state index contributed by atoms with van der Waals surface area (Å²) in [5.41, 5.74) is 3.05. The summed E-state index contributed by atoms with van der Waals surface area (Å²) in [5.74, 6) is -2.38. The van der Waals surface area contributed by atoms with Gasteiger partial charge in [0.15, 0.2) is 0 Å². The average Bonchev–Trinajstić information content (AvgIpc) is 2.83. The van der Waals surface area contributed by atoms with Gasteiger partial charge < -0.3 is 10.2 Å². The van der Waals surface area contributed by atoms with Gasteiger partial charge in [0.25, 0.3) is 5.56 Å². The molecule has 1 unspecified atom stereocenters. The van der Waals surface area contributed by atoms with Gasteiger partial charge in [0.1, 0.15) is 11.4 Å². The van der Waals surface area contributed by atoms with Gasteiger partial charge >= 0.3 is 5.97 Å². The summed E-state index contributed by atoms with van der Waals surface area (Å²) < 4.78 is 1.01. The standard InChI is InChI=1S/C25H22ClN3O4/c26-19-12-10-18(11-13-19)17-8-5-16(6-9-17)7-14-23(30)21(25(32)33)15-29-24(31)20-3-1-2-4-22(20)27-28-29/h1-6,8-13,21,23,30H,7,14-15H2,(H,32,33)/t21?,23-/m1/s1. The monoisotopic (exact) mass is 463 g/mol. The average molecular weight is 464 g/mol. The summed E-state index contributed by atoms with van der Waals surface area (Å²) in [6, 6.07) is 22.1. The molecule has 1 aromatic heterocycles. The quantitative estimate of drug-likeness (QED) is 0.411. The smallest absolute Gasteiger partial charge is 0.311 e. The van der Waals surface area contributed by atoms with Crippen molar-refractivity contribution in [1.82, 2.24) is 15.0 Å². The Morgan fingerprint density at radius 3 is 2.27 bits per heavy atom. The van der Waals surface area contributed by atoms with Crippen molar-refractivity contribution in [1.29, 1.82) is 0 Å². The van der Waals surface area contributed by atoms with E-state index in [-0.39, 0.29) is 13.0 Å². The number of nitrogens with zero attached hydrogens (tertiary/aromatic N) is 3. The zero-order valence-corrected chi connectivity index (χ0v) is 18.4. The zero-order chi connectivity index (χ0) is 23.4. The first kappa shape index (κ1) is 22.6. The number of carbonyl (C=O) groups is 1. The fourth-order valence-electron chi connectivity index (χ4n) is 3.72. The van der Waals surface area contributed by atoms with Gasteiger partial charge in [0, 0.05) is 5.02 Å². The minimum atomic E-state index is -1.19. The molecule has 0 fully saturated rings. The fraction of sp³-hybridized carbons (Fsp3) is 0.200. The normalized spacial score (nSPS) is 13.0. The molecule has 0 aliphatic carbocycles. The number of benzene rings is 3. The number of hydrogen-bond acceptors (Lipinski definition) is 5. The lowest BCUT2D eigenvalue weighted by molar-refractivity contribution is -0.146. The van der Waals surface area contributed by atoms with Gasteiger partial charge in [-0.25, -0.2) is 4.68 Å². The van der Waals surface area contributed by atoms with Gasteiger partial charge in [0.2, 0.25) is 0 Å². The third-order valence-electron chi connectivity index (χ3n) is 5.64. The van der Waals surface area contributed by atoms with E-state index in [1.54, 1.807) is 24.3 Å². The van der Waals surface area contributed by atoms with E-state index in [4.69, 9.17) is 11.6 Å². The van der Waals surface area contributed by atoms with Crippen molar-refractivity contribution in [2.24, 2.45) is 5.92 Å². The second kappa shape index (κ2) is 9.94. The number of aryl methyl sites for hydroxylation is 1. The number of rotatable bonds is 8. The Labute approximate surface area is 194 Å². The number of aliphatic hydroxyl groups is 1. The first-order chi connectivity index (χ1) is 15.9. The third kappa shape index (κ3) is 5.27. The molecule has 0 saturated heterocycles. The molecule has 168 valence electrons. The van der Waals surface area contributed by atoms with Gasteiger partial charge in [-0.05, 0) is 53.8 Å². The summed E-state index contributed by atoms with van der Waals surface area (Å²) >= 11 is 5.94. The number of aliphatic hydroxyl groups excluding tert-OH is 1. The van der Waals surface area contributed by atoms with Crippen LogP contribution in [0.2, 0.25) is 5.02 Å². The number of aromatic nitrogens is 3. The molecule has 0 bridgehead atoms. The lowest BCUT2D eigenvalue weighted by Crippen LogP contribution is -2.37. The highest BCUT2D eigenvalue weighted by Crippen LogP contribution is 2.23. The molecular weight excluding hydrogens is 442 g/mol. The molecule has 0 radical (unpaired) electrons. The van der Waals surface area contributed by atoms with Gasteiger partial charge in [-0.3, -0.25) is 9.59 Å². The third-order valence-corrected chi connectivity index (χ3v) is 5.89. The SMILES string of the molecule is O=C(O)C(Cn1nnc2ccccc2c1=O)[C@H](O)CCc1ccc(-c2ccc(Cl)cc2)cc1. The van der Waals surface area contributed by atoms with Crippen LogP contribution in [-0.2, 0) is 17.8 Å². The van der Waals surface area contributed by atoms with Crippen LogP contribution in [0.15, 0.2) is 77.6 Å². The van der Waals surface area contributed by atoms with E-state index in [0.717, 1.165) is 21.4 Å². The molecule has 2 atom stereocenters.